The lowest BCUT2D eigenvalue weighted by molar-refractivity contribution is 0.126. The average molecular weight is 342 g/mol. The van der Waals surface area contributed by atoms with Crippen molar-refractivity contribution in [3.8, 4) is 11.3 Å². The van der Waals surface area contributed by atoms with Crippen LogP contribution in [-0.2, 0) is 0 Å². The Kier molecular flexibility index (Phi) is 5.46. The number of nitrogens with one attached hydrogen (secondary N) is 2. The van der Waals surface area contributed by atoms with Gasteiger partial charge in [0.1, 0.15) is 5.76 Å². The van der Waals surface area contributed by atoms with E-state index in [2.05, 4.69) is 30.6 Å². The van der Waals surface area contributed by atoms with Gasteiger partial charge in [0.05, 0.1) is 23.9 Å². The lowest BCUT2D eigenvalue weighted by atomic mass is 9.93. The molecule has 1 aliphatic rings. The summed E-state index contributed by atoms with van der Waals surface area (Å²) in [6.07, 6.45) is 4.94. The molecule has 0 unspecified atom stereocenters. The van der Waals surface area contributed by atoms with E-state index < -0.39 is 0 Å². The Balaban J connectivity index is 1.75. The minimum Gasteiger partial charge on any atom is -0.393 e. The molecule has 0 aromatic carbocycles. The van der Waals surface area contributed by atoms with Gasteiger partial charge in [0, 0.05) is 12.2 Å². The van der Waals surface area contributed by atoms with E-state index in [1.807, 2.05) is 13.0 Å². The molecular weight excluding hydrogens is 320 g/mol. The van der Waals surface area contributed by atoms with Crippen LogP contribution in [0, 0.1) is 13.5 Å². The molecule has 2 aromatic rings. The van der Waals surface area contributed by atoms with Crippen molar-refractivity contribution < 1.29 is 9.63 Å². The summed E-state index contributed by atoms with van der Waals surface area (Å²) in [5.41, 5.74) is 1.51. The van der Waals surface area contributed by atoms with Crippen molar-refractivity contribution in [2.24, 2.45) is 0 Å². The second kappa shape index (κ2) is 7.94. The number of anilines is 2. The maximum absolute atomic E-state index is 9.61. The van der Waals surface area contributed by atoms with Crippen LogP contribution >= 0.6 is 0 Å². The topological polar surface area (TPSA) is 100 Å². The summed E-state index contributed by atoms with van der Waals surface area (Å²) in [6, 6.07) is 2.09. The van der Waals surface area contributed by atoms with Gasteiger partial charge in [-0.15, -0.1) is 0 Å². The standard InChI is InChI=1S/C17H22N6O2/c1-11-15(16(23-25-11)19-10-9-18-2)14-7-8-20-17(22-14)21-12-3-5-13(24)6-4-12/h7-8,12-13,24H,3-6,9-10H2,1H3,(H,19,23)(H,20,21,22). The zero-order chi connectivity index (χ0) is 17.6. The lowest BCUT2D eigenvalue weighted by Crippen LogP contribution is -2.28. The number of aliphatic hydroxyl groups is 1. The van der Waals surface area contributed by atoms with Gasteiger partial charge in [-0.25, -0.2) is 16.5 Å². The second-order valence-corrected chi connectivity index (χ2v) is 6.19. The molecule has 1 fully saturated rings. The summed E-state index contributed by atoms with van der Waals surface area (Å²) in [5.74, 6) is 1.81. The molecule has 132 valence electrons. The van der Waals surface area contributed by atoms with Gasteiger partial charge in [-0.2, -0.15) is 0 Å². The first-order valence-electron chi connectivity index (χ1n) is 8.48. The molecule has 0 bridgehead atoms. The zero-order valence-corrected chi connectivity index (χ0v) is 14.2. The molecule has 1 aliphatic carbocycles. The Labute approximate surface area is 146 Å². The Morgan fingerprint density at radius 1 is 1.36 bits per heavy atom. The maximum atomic E-state index is 9.61. The van der Waals surface area contributed by atoms with Crippen LogP contribution in [0.5, 0.6) is 0 Å². The number of aliphatic hydroxyl groups excluding tert-OH is 1. The Morgan fingerprint density at radius 2 is 2.16 bits per heavy atom. The zero-order valence-electron chi connectivity index (χ0n) is 14.2. The van der Waals surface area contributed by atoms with Crippen LogP contribution in [0.4, 0.5) is 11.8 Å². The molecule has 8 nitrogen and oxygen atoms in total. The number of hydrogen-bond donors (Lipinski definition) is 3. The molecule has 0 amide bonds. The first-order chi connectivity index (χ1) is 12.2. The van der Waals surface area contributed by atoms with Gasteiger partial charge >= 0.3 is 0 Å². The highest BCUT2D eigenvalue weighted by Gasteiger charge is 2.21. The van der Waals surface area contributed by atoms with Crippen molar-refractivity contribution in [3.63, 3.8) is 0 Å². The van der Waals surface area contributed by atoms with Crippen molar-refractivity contribution in [2.45, 2.75) is 44.8 Å². The minimum absolute atomic E-state index is 0.186. The van der Waals surface area contributed by atoms with E-state index in [0.717, 1.165) is 36.9 Å². The first-order valence-corrected chi connectivity index (χ1v) is 8.48. The average Bonchev–Trinajstić information content (AvgIpc) is 2.98. The van der Waals surface area contributed by atoms with Crippen LogP contribution < -0.4 is 10.6 Å². The minimum atomic E-state index is -0.186. The van der Waals surface area contributed by atoms with E-state index in [9.17, 15) is 5.11 Å². The smallest absolute Gasteiger partial charge is 0.231 e. The van der Waals surface area contributed by atoms with E-state index in [1.165, 1.54) is 0 Å². The molecule has 0 radical (unpaired) electrons. The highest BCUT2D eigenvalue weighted by atomic mass is 16.5. The van der Waals surface area contributed by atoms with Crippen molar-refractivity contribution in [3.05, 3.63) is 29.4 Å². The van der Waals surface area contributed by atoms with Crippen molar-refractivity contribution in [2.75, 3.05) is 23.7 Å². The second-order valence-electron chi connectivity index (χ2n) is 6.19. The number of hydrogen-bond acceptors (Lipinski definition) is 7. The van der Waals surface area contributed by atoms with Crippen molar-refractivity contribution in [1.82, 2.24) is 15.1 Å². The van der Waals surface area contributed by atoms with Crippen LogP contribution in [0.25, 0.3) is 16.1 Å². The van der Waals surface area contributed by atoms with Crippen LogP contribution in [0.15, 0.2) is 16.8 Å². The van der Waals surface area contributed by atoms with Crippen LogP contribution in [0.2, 0.25) is 0 Å². The molecule has 0 aliphatic heterocycles. The van der Waals surface area contributed by atoms with Gasteiger partial charge in [-0.05, 0) is 38.7 Å². The van der Waals surface area contributed by atoms with Crippen molar-refractivity contribution >= 4 is 11.8 Å². The Bertz CT molecular complexity index is 746. The SMILES string of the molecule is [C-]#[N+]CCNc1noc(C)c1-c1ccnc(NC2CCC(O)CC2)n1. The lowest BCUT2D eigenvalue weighted by Gasteiger charge is -2.26. The summed E-state index contributed by atoms with van der Waals surface area (Å²) in [6.45, 7) is 9.56. The number of aromatic nitrogens is 3. The fourth-order valence-corrected chi connectivity index (χ4v) is 2.99. The van der Waals surface area contributed by atoms with Gasteiger partial charge in [-0.3, -0.25) is 0 Å². The molecule has 25 heavy (non-hydrogen) atoms. The fourth-order valence-electron chi connectivity index (χ4n) is 2.99. The molecule has 0 atom stereocenters. The van der Waals surface area contributed by atoms with E-state index >= 15 is 0 Å². The quantitative estimate of drug-likeness (QED) is 0.548. The normalized spacial score (nSPS) is 20.0. The Hall–Kier alpha value is -2.66. The van der Waals surface area contributed by atoms with E-state index in [0.29, 0.717) is 30.6 Å². The molecule has 3 N–H and O–H groups in total. The molecule has 2 heterocycles. The fraction of sp³-hybridized carbons (Fsp3) is 0.529. The first kappa shape index (κ1) is 17.2. The maximum Gasteiger partial charge on any atom is 0.231 e. The molecule has 0 spiro atoms. The summed E-state index contributed by atoms with van der Waals surface area (Å²) in [5, 5.41) is 20.1. The summed E-state index contributed by atoms with van der Waals surface area (Å²) in [7, 11) is 0. The van der Waals surface area contributed by atoms with E-state index in [1.54, 1.807) is 6.20 Å². The van der Waals surface area contributed by atoms with Gasteiger partial charge in [0.15, 0.2) is 5.82 Å². The number of rotatable bonds is 6. The van der Waals surface area contributed by atoms with E-state index in [-0.39, 0.29) is 12.1 Å². The van der Waals surface area contributed by atoms with Gasteiger partial charge < -0.3 is 25.1 Å². The van der Waals surface area contributed by atoms with Crippen molar-refractivity contribution in [1.29, 1.82) is 0 Å². The third-order valence-corrected chi connectivity index (χ3v) is 4.32. The van der Waals surface area contributed by atoms with Gasteiger partial charge in [0.25, 0.3) is 0 Å². The predicted octanol–water partition coefficient (Wildman–Crippen LogP) is 2.49. The van der Waals surface area contributed by atoms with E-state index in [4.69, 9.17) is 11.1 Å². The molecule has 2 aromatic heterocycles. The molecular formula is C17H22N6O2. The molecule has 0 saturated heterocycles. The third-order valence-electron chi connectivity index (χ3n) is 4.32. The largest absolute Gasteiger partial charge is 0.393 e. The Morgan fingerprint density at radius 3 is 2.92 bits per heavy atom. The molecule has 8 heteroatoms. The summed E-state index contributed by atoms with van der Waals surface area (Å²) < 4.78 is 5.28. The molecule has 3 rings (SSSR count). The van der Waals surface area contributed by atoms with Gasteiger partial charge in [0.2, 0.25) is 12.5 Å². The van der Waals surface area contributed by atoms with Crippen LogP contribution in [-0.4, -0.2) is 45.5 Å². The van der Waals surface area contributed by atoms with Gasteiger partial charge in [-0.1, -0.05) is 5.16 Å². The summed E-state index contributed by atoms with van der Waals surface area (Å²) in [4.78, 5) is 12.2. The third kappa shape index (κ3) is 4.25. The highest BCUT2D eigenvalue weighted by Crippen LogP contribution is 2.30. The summed E-state index contributed by atoms with van der Waals surface area (Å²) >= 11 is 0. The number of aryl methyl sites for hydroxylation is 1. The molecule has 1 saturated carbocycles. The van der Waals surface area contributed by atoms with Crippen LogP contribution in [0.1, 0.15) is 31.4 Å². The van der Waals surface area contributed by atoms with Crippen LogP contribution in [0.3, 0.4) is 0 Å². The number of nitrogens with zero attached hydrogens (tertiary/aromatic N) is 4. The predicted molar refractivity (Wildman–Crippen MR) is 94.1 cm³/mol. The monoisotopic (exact) mass is 342 g/mol. The highest BCUT2D eigenvalue weighted by molar-refractivity contribution is 5.74.